The number of hydrogen-bond donors (Lipinski definition) is 1. The molecule has 202 valence electrons. The number of rotatable bonds is 5. The van der Waals surface area contributed by atoms with Crippen LogP contribution in [0.3, 0.4) is 0 Å². The van der Waals surface area contributed by atoms with Gasteiger partial charge in [-0.2, -0.15) is 10.1 Å². The van der Waals surface area contributed by atoms with Crippen LogP contribution in [0.1, 0.15) is 26.8 Å². The molecule has 3 aromatic heterocycles. The number of benzene rings is 1. The van der Waals surface area contributed by atoms with Crippen molar-refractivity contribution in [2.75, 3.05) is 24.5 Å². The van der Waals surface area contributed by atoms with E-state index >= 15 is 0 Å². The Bertz CT molecular complexity index is 1650. The molecule has 1 fully saturated rings. The number of aromatic hydroxyl groups is 1. The van der Waals surface area contributed by atoms with E-state index in [1.54, 1.807) is 27.9 Å². The molecule has 0 bridgehead atoms. The van der Waals surface area contributed by atoms with E-state index in [0.717, 1.165) is 0 Å². The smallest absolute Gasteiger partial charge is 0.357 e. The standard InChI is InChI=1S/C27H27ClFN7O3/c1-5-22(38)33-11-12-34(16(4)14-33)25-17-13-18(28)24(23-19(29)7-6-8-20(23)37)31-26(17)35(27(39)32-25)21-9-10-30-36(21)15(2)3/h5-10,13,15-16,37H,1,11-12,14H2,2-4H3. The number of anilines is 1. The van der Waals surface area contributed by atoms with Crippen LogP contribution in [-0.2, 0) is 4.79 Å². The van der Waals surface area contributed by atoms with E-state index < -0.39 is 11.5 Å². The summed E-state index contributed by atoms with van der Waals surface area (Å²) in [7, 11) is 0. The molecule has 1 aliphatic heterocycles. The fourth-order valence-corrected chi connectivity index (χ4v) is 5.18. The molecule has 0 aliphatic carbocycles. The molecular formula is C27H27ClFN7O3. The zero-order valence-electron chi connectivity index (χ0n) is 21.7. The monoisotopic (exact) mass is 551 g/mol. The van der Waals surface area contributed by atoms with E-state index in [9.17, 15) is 19.1 Å². The Kier molecular flexibility index (Phi) is 6.85. The fourth-order valence-electron chi connectivity index (χ4n) is 4.94. The molecule has 39 heavy (non-hydrogen) atoms. The molecule has 0 radical (unpaired) electrons. The van der Waals surface area contributed by atoms with Crippen LogP contribution in [0.15, 0.2) is 54.0 Å². The van der Waals surface area contributed by atoms with E-state index in [1.165, 1.54) is 28.8 Å². The highest BCUT2D eigenvalue weighted by molar-refractivity contribution is 6.34. The summed E-state index contributed by atoms with van der Waals surface area (Å²) in [6, 6.07) is 6.88. The summed E-state index contributed by atoms with van der Waals surface area (Å²) in [5.74, 6) is -0.451. The molecule has 1 unspecified atom stereocenters. The predicted molar refractivity (Wildman–Crippen MR) is 147 cm³/mol. The highest BCUT2D eigenvalue weighted by Crippen LogP contribution is 2.38. The van der Waals surface area contributed by atoms with Gasteiger partial charge < -0.3 is 14.9 Å². The van der Waals surface area contributed by atoms with Crippen LogP contribution in [0.25, 0.3) is 28.1 Å². The molecule has 4 aromatic rings. The van der Waals surface area contributed by atoms with Crippen molar-refractivity contribution in [3.8, 4) is 22.8 Å². The second-order valence-corrected chi connectivity index (χ2v) is 10.0. The summed E-state index contributed by atoms with van der Waals surface area (Å²) in [6.45, 7) is 10.5. The molecular weight excluding hydrogens is 525 g/mol. The Morgan fingerprint density at radius 1 is 1.26 bits per heavy atom. The Hall–Kier alpha value is -4.25. The molecule has 1 aliphatic rings. The number of phenolic OH excluding ortho intramolecular Hbond substituents is 1. The van der Waals surface area contributed by atoms with Crippen molar-refractivity contribution >= 4 is 34.4 Å². The minimum atomic E-state index is -0.712. The van der Waals surface area contributed by atoms with Crippen molar-refractivity contribution < 1.29 is 14.3 Å². The van der Waals surface area contributed by atoms with Gasteiger partial charge in [0.15, 0.2) is 5.65 Å². The number of phenols is 1. The summed E-state index contributed by atoms with van der Waals surface area (Å²) >= 11 is 6.66. The van der Waals surface area contributed by atoms with E-state index in [2.05, 4.69) is 21.6 Å². The average Bonchev–Trinajstić information content (AvgIpc) is 3.38. The molecule has 1 aromatic carbocycles. The van der Waals surface area contributed by atoms with Crippen LogP contribution >= 0.6 is 11.6 Å². The summed E-state index contributed by atoms with van der Waals surface area (Å²) in [6.07, 6.45) is 2.84. The second kappa shape index (κ2) is 10.1. The van der Waals surface area contributed by atoms with Gasteiger partial charge in [0, 0.05) is 37.8 Å². The molecule has 1 saturated heterocycles. The number of pyridine rings is 1. The number of nitrogens with zero attached hydrogens (tertiary/aromatic N) is 7. The first-order valence-electron chi connectivity index (χ1n) is 12.4. The normalized spacial score (nSPS) is 15.8. The number of carbonyl (C=O) groups excluding carboxylic acids is 1. The zero-order chi connectivity index (χ0) is 28.0. The van der Waals surface area contributed by atoms with Gasteiger partial charge in [-0.05, 0) is 45.0 Å². The van der Waals surface area contributed by atoms with Gasteiger partial charge in [0.2, 0.25) is 5.91 Å². The molecule has 1 N–H and O–H groups in total. The minimum absolute atomic E-state index is 0.0184. The minimum Gasteiger partial charge on any atom is -0.507 e. The van der Waals surface area contributed by atoms with Gasteiger partial charge >= 0.3 is 5.69 Å². The first-order valence-corrected chi connectivity index (χ1v) is 12.8. The van der Waals surface area contributed by atoms with Gasteiger partial charge in [0.25, 0.3) is 0 Å². The molecule has 12 heteroatoms. The van der Waals surface area contributed by atoms with Crippen LogP contribution in [0.5, 0.6) is 5.75 Å². The number of carbonyl (C=O) groups is 1. The van der Waals surface area contributed by atoms with E-state index in [1.807, 2.05) is 25.7 Å². The zero-order valence-corrected chi connectivity index (χ0v) is 22.4. The maximum absolute atomic E-state index is 14.9. The van der Waals surface area contributed by atoms with Crippen LogP contribution < -0.4 is 10.6 Å². The van der Waals surface area contributed by atoms with Crippen LogP contribution in [0.2, 0.25) is 5.02 Å². The first kappa shape index (κ1) is 26.4. The quantitative estimate of drug-likeness (QED) is 0.374. The van der Waals surface area contributed by atoms with Gasteiger partial charge in [0.1, 0.15) is 23.2 Å². The maximum atomic E-state index is 14.9. The molecule has 0 saturated carbocycles. The van der Waals surface area contributed by atoms with Gasteiger partial charge in [-0.1, -0.05) is 24.2 Å². The van der Waals surface area contributed by atoms with Crippen molar-refractivity contribution in [2.45, 2.75) is 32.9 Å². The van der Waals surface area contributed by atoms with Gasteiger partial charge in [-0.3, -0.25) is 4.79 Å². The highest BCUT2D eigenvalue weighted by Gasteiger charge is 2.30. The fraction of sp³-hybridized carbons (Fsp3) is 0.296. The van der Waals surface area contributed by atoms with Crippen molar-refractivity contribution in [1.82, 2.24) is 29.2 Å². The Morgan fingerprint density at radius 2 is 2.03 bits per heavy atom. The Labute approximate surface area is 228 Å². The number of hydrogen-bond acceptors (Lipinski definition) is 7. The number of fused-ring (bicyclic) bond motifs is 1. The number of amides is 1. The lowest BCUT2D eigenvalue weighted by molar-refractivity contribution is -0.126. The third kappa shape index (κ3) is 4.52. The topological polar surface area (TPSA) is 109 Å². The van der Waals surface area contributed by atoms with Crippen molar-refractivity contribution in [3.63, 3.8) is 0 Å². The van der Waals surface area contributed by atoms with Crippen LogP contribution in [-0.4, -0.2) is 65.9 Å². The second-order valence-electron chi connectivity index (χ2n) is 9.64. The summed E-state index contributed by atoms with van der Waals surface area (Å²) in [5, 5.41) is 15.3. The lowest BCUT2D eigenvalue weighted by atomic mass is 10.1. The van der Waals surface area contributed by atoms with E-state index in [0.29, 0.717) is 36.7 Å². The molecule has 4 heterocycles. The third-order valence-corrected chi connectivity index (χ3v) is 7.07. The Morgan fingerprint density at radius 3 is 2.69 bits per heavy atom. The number of halogens is 2. The summed E-state index contributed by atoms with van der Waals surface area (Å²) < 4.78 is 17.9. The lowest BCUT2D eigenvalue weighted by Crippen LogP contribution is -2.54. The van der Waals surface area contributed by atoms with Gasteiger partial charge in [-0.15, -0.1) is 0 Å². The summed E-state index contributed by atoms with van der Waals surface area (Å²) in [5.41, 5.74) is -0.638. The van der Waals surface area contributed by atoms with Gasteiger partial charge in [0.05, 0.1) is 27.9 Å². The molecule has 0 spiro atoms. The Balaban J connectivity index is 1.78. The molecule has 1 amide bonds. The lowest BCUT2D eigenvalue weighted by Gasteiger charge is -2.40. The SMILES string of the molecule is C=CC(=O)N1CCN(c2nc(=O)n(-c3ccnn3C(C)C)c3nc(-c4c(O)cccc4F)c(Cl)cc23)C(C)C1. The largest absolute Gasteiger partial charge is 0.507 e. The summed E-state index contributed by atoms with van der Waals surface area (Å²) in [4.78, 5) is 38.6. The molecule has 1 atom stereocenters. The first-order chi connectivity index (χ1) is 18.6. The van der Waals surface area contributed by atoms with Crippen LogP contribution in [0.4, 0.5) is 10.2 Å². The third-order valence-electron chi connectivity index (χ3n) is 6.78. The number of aromatic nitrogens is 5. The van der Waals surface area contributed by atoms with Crippen LogP contribution in [0, 0.1) is 5.82 Å². The van der Waals surface area contributed by atoms with E-state index in [4.69, 9.17) is 11.6 Å². The van der Waals surface area contributed by atoms with Gasteiger partial charge in [-0.25, -0.2) is 23.4 Å². The van der Waals surface area contributed by atoms with E-state index in [-0.39, 0.29) is 45.7 Å². The maximum Gasteiger partial charge on any atom is 0.357 e. The predicted octanol–water partition coefficient (Wildman–Crippen LogP) is 3.95. The van der Waals surface area contributed by atoms with Crippen molar-refractivity contribution in [3.05, 3.63) is 70.5 Å². The van der Waals surface area contributed by atoms with Crippen molar-refractivity contribution in [2.24, 2.45) is 0 Å². The molecule has 5 rings (SSSR count). The average molecular weight is 552 g/mol. The van der Waals surface area contributed by atoms with Crippen molar-refractivity contribution in [1.29, 1.82) is 0 Å². The molecule has 10 nitrogen and oxygen atoms in total. The number of piperazine rings is 1. The highest BCUT2D eigenvalue weighted by atomic mass is 35.5.